The molecule has 4 atom stereocenters. The first-order valence-electron chi connectivity index (χ1n) is 21.4. The topological polar surface area (TPSA) is 91.9 Å². The molecule has 4 aliphatic heterocycles. The minimum atomic E-state index is 0. The van der Waals surface area contributed by atoms with Gasteiger partial charge in [0.05, 0.1) is 33.7 Å². The van der Waals surface area contributed by atoms with Gasteiger partial charge in [-0.15, -0.1) is 0 Å². The molecule has 12 rings (SSSR count). The number of rotatable bonds is 5. The second-order valence-electron chi connectivity index (χ2n) is 17.5. The van der Waals surface area contributed by atoms with Crippen LogP contribution in [0.1, 0.15) is 88.4 Å². The van der Waals surface area contributed by atoms with Crippen molar-refractivity contribution in [1.82, 2.24) is 28.9 Å². The summed E-state index contributed by atoms with van der Waals surface area (Å²) in [6.45, 7) is 2.80. The predicted molar refractivity (Wildman–Crippen MR) is 230 cm³/mol. The molecule has 0 spiro atoms. The van der Waals surface area contributed by atoms with Crippen LogP contribution < -0.4 is 35.3 Å². The van der Waals surface area contributed by atoms with E-state index in [-0.39, 0.29) is 39.4 Å². The Kier molecular flexibility index (Phi) is 11.2. The van der Waals surface area contributed by atoms with Crippen molar-refractivity contribution >= 4 is 30.5 Å². The van der Waals surface area contributed by atoms with Gasteiger partial charge in [0.15, 0.2) is 0 Å². The van der Waals surface area contributed by atoms with E-state index in [9.17, 15) is 0 Å². The quantitative estimate of drug-likeness (QED) is 0.238. The number of hydrogen-bond acceptors (Lipinski definition) is 6. The largest absolute Gasteiger partial charge is 1.00 e. The van der Waals surface area contributed by atoms with Gasteiger partial charge in [0.25, 0.3) is 0 Å². The van der Waals surface area contributed by atoms with E-state index in [0.29, 0.717) is 36.3 Å². The summed E-state index contributed by atoms with van der Waals surface area (Å²) in [5, 5.41) is 9.01. The number of fused-ring (bicyclic) bond motifs is 10. The van der Waals surface area contributed by atoms with Gasteiger partial charge in [-0.2, -0.15) is 5.26 Å². The van der Waals surface area contributed by atoms with Crippen LogP contribution in [-0.4, -0.2) is 73.6 Å². The molecule has 4 bridgehead atoms. The number of benzene rings is 4. The van der Waals surface area contributed by atoms with Crippen LogP contribution in [0.2, 0.25) is 0 Å². The van der Waals surface area contributed by atoms with Crippen LogP contribution in [0.15, 0.2) is 84.9 Å². The minimum Gasteiger partial charge on any atom is -1.00 e. The van der Waals surface area contributed by atoms with E-state index < -0.39 is 0 Å². The van der Waals surface area contributed by atoms with Crippen molar-refractivity contribution in [3.8, 4) is 28.3 Å². The van der Waals surface area contributed by atoms with E-state index in [4.69, 9.17) is 21.0 Å². The summed E-state index contributed by atoms with van der Waals surface area (Å²) in [6, 6.07) is 36.5. The van der Waals surface area contributed by atoms with Gasteiger partial charge in [-0.3, -0.25) is 9.80 Å². The molecule has 8 nitrogen and oxygen atoms in total. The smallest absolute Gasteiger partial charge is 1.00 e. The molecule has 6 aliphatic rings. The molecule has 0 amide bonds. The summed E-state index contributed by atoms with van der Waals surface area (Å²) >= 11 is 0. The molecule has 2 aliphatic carbocycles. The summed E-state index contributed by atoms with van der Waals surface area (Å²) in [5.74, 6) is 2.56. The standard InChI is InChI=1S/C24H28N4.C24H24N4.B.Na.H/c2*25-14-16-4-6-17(7-5-16)18-8-11-23-22(12-18)26-24-13-20-9-10-21(15-27(23)24)28(20)19-2-1-3-19;;;/h4-8,11-12,19-21H,1-3,9-10,13-15,25H2;4-8,11-12,19-21H,1-3,9-10,13,15H2;;;/q;;;+1;-1. The van der Waals surface area contributed by atoms with Gasteiger partial charge in [-0.05, 0) is 116 Å². The molecule has 3 radical (unpaired) electrons. The Labute approximate surface area is 368 Å². The van der Waals surface area contributed by atoms with Gasteiger partial charge < -0.3 is 16.3 Å². The Morgan fingerprint density at radius 1 is 0.569 bits per heavy atom. The van der Waals surface area contributed by atoms with Crippen molar-refractivity contribution in [2.75, 3.05) is 0 Å². The Morgan fingerprint density at radius 2 is 1.00 bits per heavy atom. The van der Waals surface area contributed by atoms with Crippen LogP contribution in [0.3, 0.4) is 0 Å². The number of imidazole rings is 2. The van der Waals surface area contributed by atoms with Crippen LogP contribution in [0, 0.1) is 11.3 Å². The summed E-state index contributed by atoms with van der Waals surface area (Å²) in [4.78, 5) is 15.9. The summed E-state index contributed by atoms with van der Waals surface area (Å²) in [6.07, 6.45) is 16.0. The van der Waals surface area contributed by atoms with Crippen molar-refractivity contribution in [2.24, 2.45) is 5.73 Å². The summed E-state index contributed by atoms with van der Waals surface area (Å²) in [7, 11) is 0. The zero-order valence-electron chi connectivity index (χ0n) is 34.9. The number of nitrogens with two attached hydrogens (primary N) is 1. The third kappa shape index (κ3) is 6.98. The monoisotopic (exact) mass is 775 g/mol. The molecule has 2 saturated heterocycles. The van der Waals surface area contributed by atoms with E-state index >= 15 is 0 Å². The average Bonchev–Trinajstić information content (AvgIpc) is 3.89. The fourth-order valence-corrected chi connectivity index (χ4v) is 11.2. The first kappa shape index (κ1) is 39.7. The van der Waals surface area contributed by atoms with Gasteiger partial charge in [-0.1, -0.05) is 61.4 Å². The van der Waals surface area contributed by atoms with Crippen molar-refractivity contribution in [3.05, 3.63) is 108 Å². The minimum absolute atomic E-state index is 0. The van der Waals surface area contributed by atoms with Crippen LogP contribution in [0.25, 0.3) is 44.3 Å². The number of nitriles is 1. The molecule has 4 unspecified atom stereocenters. The number of aromatic nitrogens is 4. The second-order valence-corrected chi connectivity index (χ2v) is 17.5. The van der Waals surface area contributed by atoms with E-state index in [0.717, 1.165) is 54.6 Å². The zero-order valence-corrected chi connectivity index (χ0v) is 35.9. The maximum absolute atomic E-state index is 9.01. The molecule has 2 saturated carbocycles. The molecule has 6 heterocycles. The van der Waals surface area contributed by atoms with E-state index in [1.807, 2.05) is 24.3 Å². The Morgan fingerprint density at radius 3 is 1.41 bits per heavy atom. The van der Waals surface area contributed by atoms with E-state index in [1.54, 1.807) is 0 Å². The summed E-state index contributed by atoms with van der Waals surface area (Å²) in [5.41, 5.74) is 17.2. The van der Waals surface area contributed by atoms with E-state index in [1.165, 1.54) is 109 Å². The first-order valence-corrected chi connectivity index (χ1v) is 21.4. The number of nitrogens with zero attached hydrogens (tertiary/aromatic N) is 7. The fraction of sp³-hybridized carbons (Fsp3) is 0.438. The third-order valence-corrected chi connectivity index (χ3v) is 14.5. The Bertz CT molecular complexity index is 2470. The normalized spacial score (nSPS) is 23.9. The van der Waals surface area contributed by atoms with Crippen LogP contribution >= 0.6 is 0 Å². The molecular weight excluding hydrogens is 722 g/mol. The molecule has 58 heavy (non-hydrogen) atoms. The fourth-order valence-electron chi connectivity index (χ4n) is 11.2. The molecule has 4 fully saturated rings. The molecule has 6 aromatic rings. The molecular formula is C48H53BN8Na. The van der Waals surface area contributed by atoms with Crippen LogP contribution in [-0.2, 0) is 32.5 Å². The SMILES string of the molecule is N#Cc1ccc(-c2ccc3c(c2)nc2n3CC3CCC(C2)N3C2CCC2)cc1.NCc1ccc(-c2ccc3c(c2)nc2n3CC3CCC(C2)N3C2CCC2)cc1.[B].[H-].[Na+]. The van der Waals surface area contributed by atoms with Gasteiger partial charge in [0.2, 0.25) is 0 Å². The van der Waals surface area contributed by atoms with Crippen molar-refractivity contribution in [2.45, 2.75) is 133 Å². The average molecular weight is 776 g/mol. The maximum Gasteiger partial charge on any atom is 1.00 e. The van der Waals surface area contributed by atoms with E-state index in [2.05, 4.69) is 85.7 Å². The third-order valence-electron chi connectivity index (χ3n) is 14.5. The first-order chi connectivity index (χ1) is 27.6. The van der Waals surface area contributed by atoms with Crippen LogP contribution in [0.4, 0.5) is 0 Å². The van der Waals surface area contributed by atoms with Gasteiger partial charge >= 0.3 is 29.6 Å². The van der Waals surface area contributed by atoms with Crippen molar-refractivity contribution in [3.63, 3.8) is 0 Å². The molecule has 2 aromatic heterocycles. The zero-order chi connectivity index (χ0) is 37.3. The Balaban J connectivity index is 0.000000156. The second kappa shape index (κ2) is 16.4. The van der Waals surface area contributed by atoms with Gasteiger partial charge in [0.1, 0.15) is 11.6 Å². The molecule has 289 valence electrons. The molecule has 2 N–H and O–H groups in total. The van der Waals surface area contributed by atoms with Gasteiger partial charge in [-0.25, -0.2) is 9.97 Å². The maximum atomic E-state index is 9.01. The molecule has 10 heteroatoms. The number of hydrogen-bond donors (Lipinski definition) is 1. The van der Waals surface area contributed by atoms with Crippen molar-refractivity contribution < 1.29 is 31.0 Å². The van der Waals surface area contributed by atoms with Crippen molar-refractivity contribution in [1.29, 1.82) is 5.26 Å². The van der Waals surface area contributed by atoms with Crippen LogP contribution in [0.5, 0.6) is 0 Å². The Hall–Kier alpha value is -3.75. The van der Waals surface area contributed by atoms with Gasteiger partial charge in [0, 0.05) is 77.1 Å². The molecule has 4 aromatic carbocycles. The predicted octanol–water partition coefficient (Wildman–Crippen LogP) is 5.36. The summed E-state index contributed by atoms with van der Waals surface area (Å²) < 4.78 is 5.01.